The number of rotatable bonds is 3. The van der Waals surface area contributed by atoms with Gasteiger partial charge in [-0.25, -0.2) is 0 Å². The Balaban J connectivity index is 2.59. The van der Waals surface area contributed by atoms with Gasteiger partial charge in [-0.2, -0.15) is 13.2 Å². The third-order valence-corrected chi connectivity index (χ3v) is 2.66. The molecule has 0 atom stereocenters. The van der Waals surface area contributed by atoms with E-state index in [2.05, 4.69) is 21.2 Å². The van der Waals surface area contributed by atoms with Crippen molar-refractivity contribution in [1.82, 2.24) is 0 Å². The second-order valence-corrected chi connectivity index (χ2v) is 4.61. The number of amides is 1. The van der Waals surface area contributed by atoms with Crippen LogP contribution in [0, 0.1) is 0 Å². The highest BCUT2D eigenvalue weighted by atomic mass is 79.9. The number of halogens is 5. The first-order chi connectivity index (χ1) is 7.78. The summed E-state index contributed by atoms with van der Waals surface area (Å²) in [6, 6.07) is 4.71. The molecule has 1 rings (SSSR count). The predicted molar refractivity (Wildman–Crippen MR) is 63.1 cm³/mol. The molecule has 0 aliphatic heterocycles. The standard InChI is InChI=1S/C10H8BrClF3NO/c11-6-1-2-7(12)8(5-6)16-9(17)3-4-10(13,14)15/h1-2,5H,3-4H2,(H,16,17). The summed E-state index contributed by atoms with van der Waals surface area (Å²) >= 11 is 8.94. The van der Waals surface area contributed by atoms with Crippen LogP contribution in [0.3, 0.4) is 0 Å². The lowest BCUT2D eigenvalue weighted by Crippen LogP contribution is -2.16. The Morgan fingerprint density at radius 3 is 2.65 bits per heavy atom. The highest BCUT2D eigenvalue weighted by Gasteiger charge is 2.27. The smallest absolute Gasteiger partial charge is 0.325 e. The SMILES string of the molecule is O=C(CCC(F)(F)F)Nc1cc(Br)ccc1Cl. The van der Waals surface area contributed by atoms with Crippen molar-refractivity contribution < 1.29 is 18.0 Å². The average molecular weight is 331 g/mol. The second-order valence-electron chi connectivity index (χ2n) is 3.29. The Kier molecular flexibility index (Phi) is 4.82. The molecule has 0 saturated carbocycles. The van der Waals surface area contributed by atoms with Crippen molar-refractivity contribution in [2.75, 3.05) is 5.32 Å². The van der Waals surface area contributed by atoms with Gasteiger partial charge < -0.3 is 5.32 Å². The maximum absolute atomic E-state index is 11.9. The lowest BCUT2D eigenvalue weighted by Gasteiger charge is -2.09. The molecule has 0 aromatic heterocycles. The molecule has 1 aromatic carbocycles. The first-order valence-corrected chi connectivity index (χ1v) is 5.77. The quantitative estimate of drug-likeness (QED) is 0.875. The normalized spacial score (nSPS) is 11.4. The monoisotopic (exact) mass is 329 g/mol. The number of alkyl halides is 3. The zero-order valence-electron chi connectivity index (χ0n) is 8.44. The van der Waals surface area contributed by atoms with Gasteiger partial charge in [-0.1, -0.05) is 27.5 Å². The minimum atomic E-state index is -4.33. The summed E-state index contributed by atoms with van der Waals surface area (Å²) in [5, 5.41) is 2.59. The van der Waals surface area contributed by atoms with E-state index < -0.39 is 24.9 Å². The Morgan fingerprint density at radius 1 is 1.41 bits per heavy atom. The van der Waals surface area contributed by atoms with Crippen molar-refractivity contribution in [2.45, 2.75) is 19.0 Å². The van der Waals surface area contributed by atoms with Gasteiger partial charge in [-0.05, 0) is 18.2 Å². The van der Waals surface area contributed by atoms with Gasteiger partial charge in [0.05, 0.1) is 17.1 Å². The molecule has 17 heavy (non-hydrogen) atoms. The van der Waals surface area contributed by atoms with Crippen molar-refractivity contribution in [3.05, 3.63) is 27.7 Å². The topological polar surface area (TPSA) is 29.1 Å². The van der Waals surface area contributed by atoms with Gasteiger partial charge in [0, 0.05) is 10.9 Å². The van der Waals surface area contributed by atoms with E-state index in [1.807, 2.05) is 0 Å². The van der Waals surface area contributed by atoms with E-state index in [1.54, 1.807) is 6.07 Å². The number of benzene rings is 1. The Labute approximate surface area is 109 Å². The largest absolute Gasteiger partial charge is 0.389 e. The van der Waals surface area contributed by atoms with E-state index in [4.69, 9.17) is 11.6 Å². The Bertz CT molecular complexity index is 423. The van der Waals surface area contributed by atoms with E-state index in [0.717, 1.165) is 0 Å². The van der Waals surface area contributed by atoms with Crippen molar-refractivity contribution in [1.29, 1.82) is 0 Å². The highest BCUT2D eigenvalue weighted by molar-refractivity contribution is 9.10. The maximum Gasteiger partial charge on any atom is 0.389 e. The zero-order valence-corrected chi connectivity index (χ0v) is 10.8. The van der Waals surface area contributed by atoms with Crippen LogP contribution in [0.1, 0.15) is 12.8 Å². The van der Waals surface area contributed by atoms with E-state index in [0.29, 0.717) is 4.47 Å². The molecule has 0 spiro atoms. The summed E-state index contributed by atoms with van der Waals surface area (Å²) in [5.41, 5.74) is 0.285. The summed E-state index contributed by atoms with van der Waals surface area (Å²) in [6.07, 6.45) is -6.10. The number of carbonyl (C=O) groups excluding carboxylic acids is 1. The van der Waals surface area contributed by atoms with Gasteiger partial charge in [0.25, 0.3) is 0 Å². The summed E-state index contributed by atoms with van der Waals surface area (Å²) < 4.78 is 36.3. The molecule has 0 aliphatic rings. The number of hydrogen-bond donors (Lipinski definition) is 1. The van der Waals surface area contributed by atoms with Gasteiger partial charge in [0.15, 0.2) is 0 Å². The molecule has 0 radical (unpaired) electrons. The predicted octanol–water partition coefficient (Wildman–Crippen LogP) is 4.38. The van der Waals surface area contributed by atoms with Crippen molar-refractivity contribution in [3.63, 3.8) is 0 Å². The van der Waals surface area contributed by atoms with Crippen LogP contribution in [0.25, 0.3) is 0 Å². The molecule has 1 N–H and O–H groups in total. The van der Waals surface area contributed by atoms with Crippen LogP contribution >= 0.6 is 27.5 Å². The number of anilines is 1. The fourth-order valence-corrected chi connectivity index (χ4v) is 1.59. The summed E-state index contributed by atoms with van der Waals surface area (Å²) in [7, 11) is 0. The van der Waals surface area contributed by atoms with Crippen molar-refractivity contribution in [3.8, 4) is 0 Å². The van der Waals surface area contributed by atoms with Crippen LogP contribution in [0.2, 0.25) is 5.02 Å². The average Bonchev–Trinajstić information content (AvgIpc) is 2.20. The molecule has 94 valence electrons. The van der Waals surface area contributed by atoms with Gasteiger partial charge >= 0.3 is 6.18 Å². The number of hydrogen-bond acceptors (Lipinski definition) is 1. The van der Waals surface area contributed by atoms with Crippen molar-refractivity contribution in [2.24, 2.45) is 0 Å². The zero-order chi connectivity index (χ0) is 13.1. The third-order valence-electron chi connectivity index (χ3n) is 1.84. The highest BCUT2D eigenvalue weighted by Crippen LogP contribution is 2.26. The van der Waals surface area contributed by atoms with Crippen LogP contribution < -0.4 is 5.32 Å². The van der Waals surface area contributed by atoms with Crippen LogP contribution in [0.15, 0.2) is 22.7 Å². The van der Waals surface area contributed by atoms with Crippen LogP contribution in [0.4, 0.5) is 18.9 Å². The summed E-state index contributed by atoms with van der Waals surface area (Å²) in [6.45, 7) is 0. The fourth-order valence-electron chi connectivity index (χ4n) is 1.06. The summed E-state index contributed by atoms with van der Waals surface area (Å²) in [4.78, 5) is 11.2. The molecule has 1 aromatic rings. The van der Waals surface area contributed by atoms with E-state index in [1.165, 1.54) is 12.1 Å². The van der Waals surface area contributed by atoms with Gasteiger partial charge in [0.2, 0.25) is 5.91 Å². The third kappa shape index (κ3) is 5.41. The Morgan fingerprint density at radius 2 is 2.06 bits per heavy atom. The molecule has 0 fully saturated rings. The molecular weight excluding hydrogens is 322 g/mol. The number of nitrogens with one attached hydrogen (secondary N) is 1. The van der Waals surface area contributed by atoms with E-state index in [9.17, 15) is 18.0 Å². The molecule has 2 nitrogen and oxygen atoms in total. The molecule has 1 amide bonds. The van der Waals surface area contributed by atoms with Crippen molar-refractivity contribution >= 4 is 39.1 Å². The van der Waals surface area contributed by atoms with Crippen LogP contribution in [-0.4, -0.2) is 12.1 Å². The molecule has 7 heteroatoms. The second kappa shape index (κ2) is 5.73. The lowest BCUT2D eigenvalue weighted by molar-refractivity contribution is -0.142. The first-order valence-electron chi connectivity index (χ1n) is 4.59. The fraction of sp³-hybridized carbons (Fsp3) is 0.300. The minimum absolute atomic E-state index is 0.272. The molecule has 0 unspecified atom stereocenters. The first kappa shape index (κ1) is 14.3. The Hall–Kier alpha value is -0.750. The molecule has 0 aliphatic carbocycles. The maximum atomic E-state index is 11.9. The van der Waals surface area contributed by atoms with Gasteiger partial charge in [0.1, 0.15) is 0 Å². The van der Waals surface area contributed by atoms with Gasteiger partial charge in [-0.3, -0.25) is 4.79 Å². The molecule has 0 saturated heterocycles. The van der Waals surface area contributed by atoms with E-state index >= 15 is 0 Å². The number of carbonyl (C=O) groups is 1. The lowest BCUT2D eigenvalue weighted by atomic mass is 10.2. The minimum Gasteiger partial charge on any atom is -0.325 e. The molecule has 0 heterocycles. The van der Waals surface area contributed by atoms with E-state index in [-0.39, 0.29) is 10.7 Å². The van der Waals surface area contributed by atoms with Gasteiger partial charge in [-0.15, -0.1) is 0 Å². The summed E-state index contributed by atoms with van der Waals surface area (Å²) in [5.74, 6) is -0.720. The molecular formula is C10H8BrClF3NO. The van der Waals surface area contributed by atoms with Crippen LogP contribution in [-0.2, 0) is 4.79 Å². The van der Waals surface area contributed by atoms with Crippen LogP contribution in [0.5, 0.6) is 0 Å². The molecule has 0 bridgehead atoms.